The second-order valence-corrected chi connectivity index (χ2v) is 11.3. The molecule has 3 fully saturated rings. The molecule has 1 saturated carbocycles. The van der Waals surface area contributed by atoms with Crippen LogP contribution in [0.2, 0.25) is 0 Å². The fraction of sp³-hybridized carbons (Fsp3) is 0.821. The van der Waals surface area contributed by atoms with Gasteiger partial charge in [0.2, 0.25) is 5.95 Å². The Kier molecular flexibility index (Phi) is 8.62. The summed E-state index contributed by atoms with van der Waals surface area (Å²) in [5.41, 5.74) is 1.31. The van der Waals surface area contributed by atoms with E-state index in [-0.39, 0.29) is 5.92 Å². The predicted octanol–water partition coefficient (Wildman–Crippen LogP) is 4.75. The summed E-state index contributed by atoms with van der Waals surface area (Å²) < 4.78 is 0. The van der Waals surface area contributed by atoms with Gasteiger partial charge in [-0.05, 0) is 82.5 Å². The molecule has 3 aliphatic rings. The van der Waals surface area contributed by atoms with E-state index in [0.717, 1.165) is 57.9 Å². The van der Waals surface area contributed by atoms with Crippen molar-refractivity contribution in [1.82, 2.24) is 19.8 Å². The first kappa shape index (κ1) is 25.6. The standard InChI is InChI=1S/C28H47N5O/c1-6-20(4)27(34)15-22-13-26(14-22)32-11-9-23(10-12-32)24-16-29-28(30-17-24)33-21(5)18-31(8-3)19-25(33)7-2/h16-17,20-23,25-26H,6-15,18-19H2,1-5H3/t20?,21?,22-,25?,26+. The molecule has 1 aromatic heterocycles. The maximum Gasteiger partial charge on any atom is 0.225 e. The van der Waals surface area contributed by atoms with Gasteiger partial charge in [-0.15, -0.1) is 0 Å². The van der Waals surface area contributed by atoms with Crippen molar-refractivity contribution in [3.63, 3.8) is 0 Å². The number of likely N-dealkylation sites (N-methyl/N-ethyl adjacent to an activating group) is 1. The van der Waals surface area contributed by atoms with Crippen LogP contribution in [0.1, 0.15) is 91.0 Å². The SMILES string of the molecule is CCC(C)C(=O)C[C@H]1C[C@@H](N2CCC(c3cnc(N4C(C)CN(CC)CC4CC)nc3)CC2)C1. The number of nitrogens with zero attached hydrogens (tertiary/aromatic N) is 5. The van der Waals surface area contributed by atoms with Crippen LogP contribution in [-0.2, 0) is 4.79 Å². The van der Waals surface area contributed by atoms with Crippen molar-refractivity contribution in [3.8, 4) is 0 Å². The highest BCUT2D eigenvalue weighted by Crippen LogP contribution is 2.38. The molecule has 1 aromatic rings. The van der Waals surface area contributed by atoms with E-state index in [9.17, 15) is 4.79 Å². The van der Waals surface area contributed by atoms with E-state index in [1.165, 1.54) is 31.2 Å². The topological polar surface area (TPSA) is 52.6 Å². The van der Waals surface area contributed by atoms with Crippen molar-refractivity contribution >= 4 is 11.7 Å². The van der Waals surface area contributed by atoms with Crippen LogP contribution < -0.4 is 4.90 Å². The Hall–Kier alpha value is -1.53. The highest BCUT2D eigenvalue weighted by Gasteiger charge is 2.37. The first-order chi connectivity index (χ1) is 16.4. The highest BCUT2D eigenvalue weighted by atomic mass is 16.1. The van der Waals surface area contributed by atoms with Gasteiger partial charge in [0.05, 0.1) is 0 Å². The smallest absolute Gasteiger partial charge is 0.225 e. The zero-order valence-electron chi connectivity index (χ0n) is 22.2. The maximum absolute atomic E-state index is 12.2. The lowest BCUT2D eigenvalue weighted by molar-refractivity contribution is -0.124. The molecular formula is C28H47N5O. The molecule has 190 valence electrons. The monoisotopic (exact) mass is 469 g/mol. The number of anilines is 1. The van der Waals surface area contributed by atoms with Crippen molar-refractivity contribution in [1.29, 1.82) is 0 Å². The van der Waals surface area contributed by atoms with E-state index in [0.29, 0.717) is 35.7 Å². The molecule has 6 nitrogen and oxygen atoms in total. The fourth-order valence-corrected chi connectivity index (χ4v) is 6.38. The maximum atomic E-state index is 12.2. The van der Waals surface area contributed by atoms with E-state index in [1.54, 1.807) is 0 Å². The summed E-state index contributed by atoms with van der Waals surface area (Å²) in [6, 6.07) is 1.63. The lowest BCUT2D eigenvalue weighted by Crippen LogP contribution is -2.58. The minimum absolute atomic E-state index is 0.237. The number of hydrogen-bond acceptors (Lipinski definition) is 6. The van der Waals surface area contributed by atoms with Gasteiger partial charge in [0.1, 0.15) is 5.78 Å². The molecule has 0 bridgehead atoms. The number of aromatic nitrogens is 2. The molecule has 3 atom stereocenters. The Bertz CT molecular complexity index is 784. The minimum atomic E-state index is 0.237. The van der Waals surface area contributed by atoms with Crippen molar-refractivity contribution in [2.45, 2.75) is 104 Å². The molecule has 34 heavy (non-hydrogen) atoms. The van der Waals surface area contributed by atoms with Crippen LogP contribution in [0.25, 0.3) is 0 Å². The molecule has 0 amide bonds. The third-order valence-electron chi connectivity index (χ3n) is 9.05. The van der Waals surface area contributed by atoms with E-state index >= 15 is 0 Å². The summed E-state index contributed by atoms with van der Waals surface area (Å²) >= 11 is 0. The number of Topliss-reactive ketones (excluding diaryl/α,β-unsaturated/α-hetero) is 1. The van der Waals surface area contributed by atoms with Crippen molar-refractivity contribution in [2.75, 3.05) is 37.6 Å². The molecule has 3 unspecified atom stereocenters. The predicted molar refractivity (Wildman–Crippen MR) is 139 cm³/mol. The van der Waals surface area contributed by atoms with Gasteiger partial charge < -0.3 is 9.80 Å². The van der Waals surface area contributed by atoms with E-state index in [2.05, 4.69) is 61.7 Å². The number of carbonyl (C=O) groups is 1. The van der Waals surface area contributed by atoms with Crippen LogP contribution in [0.3, 0.4) is 0 Å². The lowest BCUT2D eigenvalue weighted by atomic mass is 9.74. The third kappa shape index (κ3) is 5.64. The van der Waals surface area contributed by atoms with Crippen LogP contribution in [0, 0.1) is 11.8 Å². The quantitative estimate of drug-likeness (QED) is 0.520. The molecule has 0 radical (unpaired) electrons. The number of carbonyl (C=O) groups excluding carboxylic acids is 1. The largest absolute Gasteiger partial charge is 0.333 e. The summed E-state index contributed by atoms with van der Waals surface area (Å²) in [7, 11) is 0. The summed E-state index contributed by atoms with van der Waals surface area (Å²) in [5, 5.41) is 0. The second kappa shape index (κ2) is 11.5. The Morgan fingerprint density at radius 2 is 1.76 bits per heavy atom. The van der Waals surface area contributed by atoms with Crippen LogP contribution in [-0.4, -0.2) is 76.4 Å². The lowest BCUT2D eigenvalue weighted by Gasteiger charge is -2.46. The number of piperazine rings is 1. The van der Waals surface area contributed by atoms with Gasteiger partial charge in [-0.2, -0.15) is 0 Å². The van der Waals surface area contributed by atoms with Crippen LogP contribution in [0.5, 0.6) is 0 Å². The first-order valence-electron chi connectivity index (χ1n) is 14.0. The van der Waals surface area contributed by atoms with Crippen molar-refractivity contribution in [2.24, 2.45) is 11.8 Å². The van der Waals surface area contributed by atoms with Crippen LogP contribution in [0.15, 0.2) is 12.4 Å². The Morgan fingerprint density at radius 3 is 2.35 bits per heavy atom. The van der Waals surface area contributed by atoms with Gasteiger partial charge in [-0.3, -0.25) is 9.69 Å². The molecule has 3 heterocycles. The van der Waals surface area contributed by atoms with Gasteiger partial charge in [0, 0.05) is 55.9 Å². The molecule has 0 spiro atoms. The number of likely N-dealkylation sites (tertiary alicyclic amines) is 1. The Balaban J connectivity index is 1.26. The van der Waals surface area contributed by atoms with Gasteiger partial charge >= 0.3 is 0 Å². The van der Waals surface area contributed by atoms with E-state index in [1.807, 2.05) is 0 Å². The van der Waals surface area contributed by atoms with Crippen LogP contribution >= 0.6 is 0 Å². The van der Waals surface area contributed by atoms with E-state index in [4.69, 9.17) is 9.97 Å². The molecule has 2 saturated heterocycles. The van der Waals surface area contributed by atoms with Gasteiger partial charge in [0.25, 0.3) is 0 Å². The van der Waals surface area contributed by atoms with Gasteiger partial charge in [0.15, 0.2) is 0 Å². The summed E-state index contributed by atoms with van der Waals surface area (Å²) in [6.07, 6.45) is 11.9. The van der Waals surface area contributed by atoms with Gasteiger partial charge in [-0.25, -0.2) is 9.97 Å². The second-order valence-electron chi connectivity index (χ2n) is 11.3. The fourth-order valence-electron chi connectivity index (χ4n) is 6.38. The van der Waals surface area contributed by atoms with Crippen molar-refractivity contribution < 1.29 is 4.79 Å². The first-order valence-corrected chi connectivity index (χ1v) is 14.0. The van der Waals surface area contributed by atoms with Crippen LogP contribution in [0.4, 0.5) is 5.95 Å². The summed E-state index contributed by atoms with van der Waals surface area (Å²) in [5.74, 6) is 2.81. The molecule has 0 N–H and O–H groups in total. The number of hydrogen-bond donors (Lipinski definition) is 0. The van der Waals surface area contributed by atoms with Gasteiger partial charge in [-0.1, -0.05) is 27.7 Å². The zero-order chi connectivity index (χ0) is 24.2. The molecule has 6 heteroatoms. The molecule has 2 aliphatic heterocycles. The Morgan fingerprint density at radius 1 is 1.09 bits per heavy atom. The third-order valence-corrected chi connectivity index (χ3v) is 9.05. The number of piperidine rings is 1. The average molecular weight is 470 g/mol. The average Bonchev–Trinajstić information content (AvgIpc) is 2.85. The molecular weight excluding hydrogens is 422 g/mol. The van der Waals surface area contributed by atoms with E-state index < -0.39 is 0 Å². The zero-order valence-corrected chi connectivity index (χ0v) is 22.2. The van der Waals surface area contributed by atoms with Crippen molar-refractivity contribution in [3.05, 3.63) is 18.0 Å². The summed E-state index contributed by atoms with van der Waals surface area (Å²) in [4.78, 5) is 29.7. The molecule has 1 aliphatic carbocycles. The Labute approximate surface area is 207 Å². The normalized spacial score (nSPS) is 30.2. The summed E-state index contributed by atoms with van der Waals surface area (Å²) in [6.45, 7) is 16.7. The molecule has 0 aromatic carbocycles. The number of ketones is 1. The molecule has 4 rings (SSSR count). The highest BCUT2D eigenvalue weighted by molar-refractivity contribution is 5.80. The minimum Gasteiger partial charge on any atom is -0.333 e. The number of rotatable bonds is 9.